The number of pyridine rings is 1. The molecule has 3 heterocycles. The number of hydrogen-bond donors (Lipinski definition) is 1. The van der Waals surface area contributed by atoms with E-state index < -0.39 is 0 Å². The first-order valence-electron chi connectivity index (χ1n) is 5.00. The molecule has 78 valence electrons. The van der Waals surface area contributed by atoms with E-state index in [1.165, 1.54) is 10.3 Å². The summed E-state index contributed by atoms with van der Waals surface area (Å²) in [4.78, 5) is 15.9. The van der Waals surface area contributed by atoms with Crippen molar-refractivity contribution in [3.05, 3.63) is 34.4 Å². The minimum absolute atomic E-state index is 0.0445. The Labute approximate surface area is 90.7 Å². The molecule has 0 amide bonds. The van der Waals surface area contributed by atoms with Gasteiger partial charge in [-0.3, -0.25) is 9.89 Å². The first-order chi connectivity index (χ1) is 7.34. The summed E-state index contributed by atoms with van der Waals surface area (Å²) in [5.41, 5.74) is 0.673. The number of hydrogen-bond acceptors (Lipinski definition) is 3. The van der Waals surface area contributed by atoms with Gasteiger partial charge in [0.05, 0.1) is 0 Å². The Morgan fingerprint density at radius 1 is 1.53 bits per heavy atom. The van der Waals surface area contributed by atoms with Crippen molar-refractivity contribution in [1.29, 1.82) is 0 Å². The average Bonchev–Trinajstić information content (AvgIpc) is 2.86. The molecule has 0 saturated carbocycles. The molecule has 2 aromatic heterocycles. The number of thioether (sulfide) groups is 1. The largest absolute Gasteiger partial charge is 0.276 e. The monoisotopic (exact) mass is 221 g/mol. The third kappa shape index (κ3) is 1.47. The van der Waals surface area contributed by atoms with Crippen LogP contribution in [0.3, 0.4) is 0 Å². The minimum atomic E-state index is -0.0445. The highest BCUT2D eigenvalue weighted by atomic mass is 32.2. The summed E-state index contributed by atoms with van der Waals surface area (Å²) in [6.45, 7) is 0. The van der Waals surface area contributed by atoms with Crippen LogP contribution in [-0.2, 0) is 0 Å². The van der Waals surface area contributed by atoms with Crippen LogP contribution in [-0.4, -0.2) is 26.1 Å². The molecule has 1 aliphatic heterocycles. The molecule has 0 aliphatic carbocycles. The minimum Gasteiger partial charge on any atom is -0.276 e. The number of aromatic amines is 1. The number of H-pyrrole nitrogens is 1. The molecule has 1 aliphatic rings. The molecule has 2 aromatic rings. The van der Waals surface area contributed by atoms with E-state index in [-0.39, 0.29) is 5.56 Å². The summed E-state index contributed by atoms with van der Waals surface area (Å²) in [5, 5.41) is 3.09. The molecule has 0 bridgehead atoms. The zero-order valence-corrected chi connectivity index (χ0v) is 8.96. The summed E-state index contributed by atoms with van der Waals surface area (Å²) < 4.78 is 1.51. The van der Waals surface area contributed by atoms with E-state index in [2.05, 4.69) is 10.1 Å². The fourth-order valence-electron chi connectivity index (χ4n) is 1.87. The number of rotatable bonds is 1. The van der Waals surface area contributed by atoms with Crippen molar-refractivity contribution < 1.29 is 0 Å². The molecule has 5 heteroatoms. The van der Waals surface area contributed by atoms with Crippen LogP contribution in [0, 0.1) is 0 Å². The van der Waals surface area contributed by atoms with Gasteiger partial charge in [-0.15, -0.1) is 0 Å². The first kappa shape index (κ1) is 9.03. The first-order valence-corrected chi connectivity index (χ1v) is 6.15. The maximum atomic E-state index is 11.5. The highest BCUT2D eigenvalue weighted by Gasteiger charge is 2.20. The summed E-state index contributed by atoms with van der Waals surface area (Å²) in [5.74, 6) is 3.73. The Hall–Kier alpha value is -1.23. The fraction of sp³-hybridized carbons (Fsp3) is 0.400. The maximum absolute atomic E-state index is 11.5. The van der Waals surface area contributed by atoms with Crippen molar-refractivity contribution in [2.75, 3.05) is 11.5 Å². The second-order valence-electron chi connectivity index (χ2n) is 3.73. The summed E-state index contributed by atoms with van der Waals surface area (Å²) >= 11 is 1.94. The van der Waals surface area contributed by atoms with E-state index in [4.69, 9.17) is 0 Å². The van der Waals surface area contributed by atoms with Gasteiger partial charge in [0, 0.05) is 17.7 Å². The van der Waals surface area contributed by atoms with Crippen LogP contribution >= 0.6 is 11.8 Å². The molecule has 0 aromatic carbocycles. The lowest BCUT2D eigenvalue weighted by Gasteiger charge is -2.00. The van der Waals surface area contributed by atoms with Gasteiger partial charge >= 0.3 is 0 Å². The zero-order valence-electron chi connectivity index (χ0n) is 8.14. The van der Waals surface area contributed by atoms with E-state index in [1.807, 2.05) is 17.8 Å². The molecule has 1 fully saturated rings. The summed E-state index contributed by atoms with van der Waals surface area (Å²) in [6, 6.07) is 5.13. The highest BCUT2D eigenvalue weighted by molar-refractivity contribution is 7.99. The molecular formula is C10H11N3OS. The van der Waals surface area contributed by atoms with E-state index in [9.17, 15) is 4.79 Å². The predicted octanol–water partition coefficient (Wildman–Crippen LogP) is 1.24. The molecule has 15 heavy (non-hydrogen) atoms. The van der Waals surface area contributed by atoms with Crippen LogP contribution in [0.4, 0.5) is 0 Å². The lowest BCUT2D eigenvalue weighted by Crippen LogP contribution is -2.11. The Kier molecular flexibility index (Phi) is 2.05. The van der Waals surface area contributed by atoms with E-state index in [0.29, 0.717) is 5.92 Å². The van der Waals surface area contributed by atoms with Gasteiger partial charge in [-0.05, 0) is 18.2 Å². The SMILES string of the molecule is O=c1cccc2nc(C3CCSC3)[nH]n12. The molecule has 1 atom stereocenters. The molecule has 1 N–H and O–H groups in total. The lowest BCUT2D eigenvalue weighted by atomic mass is 10.1. The standard InChI is InChI=1S/C10H11N3OS/c14-9-3-1-2-8-11-10(12-13(8)9)7-4-5-15-6-7/h1-3,7H,4-6H2,(H,11,12). The molecule has 4 nitrogen and oxygen atoms in total. The maximum Gasteiger partial charge on any atom is 0.271 e. The van der Waals surface area contributed by atoms with Crippen molar-refractivity contribution in [2.24, 2.45) is 0 Å². The molecule has 3 rings (SSSR count). The van der Waals surface area contributed by atoms with Crippen LogP contribution < -0.4 is 5.56 Å². The topological polar surface area (TPSA) is 50.2 Å². The molecule has 1 saturated heterocycles. The van der Waals surface area contributed by atoms with Gasteiger partial charge in [0.1, 0.15) is 5.82 Å². The van der Waals surface area contributed by atoms with Crippen molar-refractivity contribution in [3.8, 4) is 0 Å². The summed E-state index contributed by atoms with van der Waals surface area (Å²) in [7, 11) is 0. The molecular weight excluding hydrogens is 210 g/mol. The second kappa shape index (κ2) is 3.41. The Bertz CT molecular complexity index is 539. The Morgan fingerprint density at radius 2 is 2.47 bits per heavy atom. The van der Waals surface area contributed by atoms with Crippen molar-refractivity contribution in [1.82, 2.24) is 14.6 Å². The number of aromatic nitrogens is 3. The van der Waals surface area contributed by atoms with E-state index in [1.54, 1.807) is 12.1 Å². The Morgan fingerprint density at radius 3 is 3.20 bits per heavy atom. The number of nitrogens with zero attached hydrogens (tertiary/aromatic N) is 2. The average molecular weight is 221 g/mol. The fourth-order valence-corrected chi connectivity index (χ4v) is 3.10. The van der Waals surface area contributed by atoms with Crippen LogP contribution in [0.5, 0.6) is 0 Å². The van der Waals surface area contributed by atoms with Gasteiger partial charge in [-0.1, -0.05) is 6.07 Å². The second-order valence-corrected chi connectivity index (χ2v) is 4.88. The predicted molar refractivity (Wildman–Crippen MR) is 60.5 cm³/mol. The Balaban J connectivity index is 2.13. The molecule has 0 spiro atoms. The van der Waals surface area contributed by atoms with Gasteiger partial charge in [0.25, 0.3) is 5.56 Å². The molecule has 0 radical (unpaired) electrons. The third-order valence-corrected chi connectivity index (χ3v) is 3.87. The van der Waals surface area contributed by atoms with Gasteiger partial charge in [-0.25, -0.2) is 9.50 Å². The number of fused-ring (bicyclic) bond motifs is 1. The van der Waals surface area contributed by atoms with Crippen LogP contribution in [0.15, 0.2) is 23.0 Å². The van der Waals surface area contributed by atoms with E-state index >= 15 is 0 Å². The quantitative estimate of drug-likeness (QED) is 0.788. The third-order valence-electron chi connectivity index (χ3n) is 2.71. The van der Waals surface area contributed by atoms with Crippen molar-refractivity contribution in [2.45, 2.75) is 12.3 Å². The van der Waals surface area contributed by atoms with Crippen LogP contribution in [0.1, 0.15) is 18.2 Å². The van der Waals surface area contributed by atoms with Crippen molar-refractivity contribution >= 4 is 17.4 Å². The lowest BCUT2D eigenvalue weighted by molar-refractivity contribution is 0.709. The smallest absolute Gasteiger partial charge is 0.271 e. The van der Waals surface area contributed by atoms with Gasteiger partial charge in [0.2, 0.25) is 0 Å². The highest BCUT2D eigenvalue weighted by Crippen LogP contribution is 2.30. The van der Waals surface area contributed by atoms with E-state index in [0.717, 1.165) is 23.6 Å². The summed E-state index contributed by atoms with van der Waals surface area (Å²) in [6.07, 6.45) is 1.15. The zero-order chi connectivity index (χ0) is 10.3. The molecule has 1 unspecified atom stereocenters. The van der Waals surface area contributed by atoms with Gasteiger partial charge in [-0.2, -0.15) is 11.8 Å². The van der Waals surface area contributed by atoms with Gasteiger partial charge in [0.15, 0.2) is 5.65 Å². The van der Waals surface area contributed by atoms with Crippen molar-refractivity contribution in [3.63, 3.8) is 0 Å². The number of nitrogens with one attached hydrogen (secondary N) is 1. The van der Waals surface area contributed by atoms with Gasteiger partial charge < -0.3 is 0 Å². The normalized spacial score (nSPS) is 21.2. The van der Waals surface area contributed by atoms with Crippen LogP contribution in [0.25, 0.3) is 5.65 Å². The van der Waals surface area contributed by atoms with Crippen LogP contribution in [0.2, 0.25) is 0 Å².